The molecule has 90 valence electrons. The van der Waals surface area contributed by atoms with Crippen molar-refractivity contribution in [1.82, 2.24) is 9.97 Å². The van der Waals surface area contributed by atoms with Crippen molar-refractivity contribution in [3.8, 4) is 0 Å². The van der Waals surface area contributed by atoms with Gasteiger partial charge in [-0.3, -0.25) is 4.98 Å². The zero-order valence-corrected chi connectivity index (χ0v) is 10.9. The monoisotopic (exact) mass is 248 g/mol. The molecule has 5 heteroatoms. The molecule has 0 bridgehead atoms. The molecule has 0 aliphatic heterocycles. The Morgan fingerprint density at radius 3 is 2.76 bits per heavy atom. The maximum atomic E-state index is 5.55. The molecule has 2 rings (SSSR count). The highest BCUT2D eigenvalue weighted by molar-refractivity contribution is 7.13. The topological polar surface area (TPSA) is 55.0 Å². The van der Waals surface area contributed by atoms with Gasteiger partial charge in [0, 0.05) is 24.7 Å². The Hall–Kier alpha value is -1.46. The van der Waals surface area contributed by atoms with E-state index in [1.165, 1.54) is 0 Å². The van der Waals surface area contributed by atoms with Crippen LogP contribution in [-0.2, 0) is 13.1 Å². The first-order chi connectivity index (χ1) is 8.19. The fourth-order valence-electron chi connectivity index (χ4n) is 1.56. The van der Waals surface area contributed by atoms with Crippen LogP contribution in [-0.4, -0.2) is 17.0 Å². The van der Waals surface area contributed by atoms with Gasteiger partial charge in [0.25, 0.3) is 0 Å². The fraction of sp³-hybridized carbons (Fsp3) is 0.333. The van der Waals surface area contributed by atoms with Gasteiger partial charge < -0.3 is 10.6 Å². The van der Waals surface area contributed by atoms with E-state index in [2.05, 4.69) is 14.9 Å². The van der Waals surface area contributed by atoms with E-state index < -0.39 is 0 Å². The number of aromatic nitrogens is 2. The maximum absolute atomic E-state index is 5.55. The zero-order valence-electron chi connectivity index (χ0n) is 10.1. The number of pyridine rings is 1. The first-order valence-electron chi connectivity index (χ1n) is 5.47. The second kappa shape index (κ2) is 5.25. The summed E-state index contributed by atoms with van der Waals surface area (Å²) in [6.07, 6.45) is 0. The first kappa shape index (κ1) is 12.0. The number of hydrogen-bond donors (Lipinski definition) is 1. The Bertz CT molecular complexity index is 495. The number of nitrogens with two attached hydrogens (primary N) is 1. The van der Waals surface area contributed by atoms with E-state index in [0.717, 1.165) is 28.8 Å². The Morgan fingerprint density at radius 2 is 2.12 bits per heavy atom. The maximum Gasteiger partial charge on any atom is 0.185 e. The fourth-order valence-corrected chi connectivity index (χ4v) is 2.37. The van der Waals surface area contributed by atoms with Crippen molar-refractivity contribution in [1.29, 1.82) is 0 Å². The molecule has 0 amide bonds. The zero-order chi connectivity index (χ0) is 12.3. The van der Waals surface area contributed by atoms with Gasteiger partial charge in [0.05, 0.1) is 17.9 Å². The summed E-state index contributed by atoms with van der Waals surface area (Å²) in [4.78, 5) is 11.0. The minimum atomic E-state index is 0.493. The van der Waals surface area contributed by atoms with Gasteiger partial charge in [-0.1, -0.05) is 6.07 Å². The normalized spacial score (nSPS) is 10.5. The molecule has 0 fully saturated rings. The minimum Gasteiger partial charge on any atom is -0.345 e. The highest BCUT2D eigenvalue weighted by Crippen LogP contribution is 2.20. The molecule has 2 heterocycles. The van der Waals surface area contributed by atoms with Crippen LogP contribution in [0.25, 0.3) is 0 Å². The highest BCUT2D eigenvalue weighted by atomic mass is 32.1. The molecule has 2 aromatic heterocycles. The van der Waals surface area contributed by atoms with Crippen LogP contribution in [0.15, 0.2) is 23.6 Å². The summed E-state index contributed by atoms with van der Waals surface area (Å²) < 4.78 is 0. The number of thiazole rings is 1. The van der Waals surface area contributed by atoms with E-state index in [4.69, 9.17) is 5.73 Å². The summed E-state index contributed by atoms with van der Waals surface area (Å²) >= 11 is 1.61. The third kappa shape index (κ3) is 3.01. The lowest BCUT2D eigenvalue weighted by Gasteiger charge is -2.15. The molecule has 4 nitrogen and oxygen atoms in total. The van der Waals surface area contributed by atoms with Crippen LogP contribution in [0.3, 0.4) is 0 Å². The lowest BCUT2D eigenvalue weighted by Crippen LogP contribution is -2.17. The quantitative estimate of drug-likeness (QED) is 0.898. The number of nitrogens with zero attached hydrogens (tertiary/aromatic N) is 3. The summed E-state index contributed by atoms with van der Waals surface area (Å²) in [6, 6.07) is 6.05. The van der Waals surface area contributed by atoms with Gasteiger partial charge in [-0.2, -0.15) is 0 Å². The van der Waals surface area contributed by atoms with Gasteiger partial charge in [-0.15, -0.1) is 11.3 Å². The molecular formula is C12H16N4S. The first-order valence-corrected chi connectivity index (χ1v) is 6.35. The Morgan fingerprint density at radius 1 is 1.29 bits per heavy atom. The van der Waals surface area contributed by atoms with Crippen molar-refractivity contribution in [2.45, 2.75) is 20.0 Å². The molecular weight excluding hydrogens is 232 g/mol. The Kier molecular flexibility index (Phi) is 3.71. The minimum absolute atomic E-state index is 0.493. The smallest absolute Gasteiger partial charge is 0.185 e. The average Bonchev–Trinajstić information content (AvgIpc) is 2.77. The van der Waals surface area contributed by atoms with Crippen LogP contribution in [0.5, 0.6) is 0 Å². The SMILES string of the molecule is Cc1cccc(CN(C)c2nc(CN)cs2)n1. The summed E-state index contributed by atoms with van der Waals surface area (Å²) in [7, 11) is 2.02. The molecule has 0 radical (unpaired) electrons. The predicted molar refractivity (Wildman–Crippen MR) is 71.1 cm³/mol. The molecule has 0 unspecified atom stereocenters. The van der Waals surface area contributed by atoms with E-state index in [-0.39, 0.29) is 0 Å². The van der Waals surface area contributed by atoms with Gasteiger partial charge in [0.2, 0.25) is 0 Å². The number of hydrogen-bond acceptors (Lipinski definition) is 5. The van der Waals surface area contributed by atoms with Gasteiger partial charge in [0.15, 0.2) is 5.13 Å². The van der Waals surface area contributed by atoms with E-state index in [1.807, 2.05) is 37.6 Å². The van der Waals surface area contributed by atoms with Crippen molar-refractivity contribution in [3.05, 3.63) is 40.7 Å². The Balaban J connectivity index is 2.08. The number of aryl methyl sites for hydroxylation is 1. The van der Waals surface area contributed by atoms with Crippen LogP contribution in [0, 0.1) is 6.92 Å². The molecule has 0 saturated carbocycles. The third-order valence-corrected chi connectivity index (χ3v) is 3.42. The van der Waals surface area contributed by atoms with Crippen molar-refractivity contribution in [2.75, 3.05) is 11.9 Å². The lowest BCUT2D eigenvalue weighted by atomic mass is 10.3. The van der Waals surface area contributed by atoms with Crippen molar-refractivity contribution >= 4 is 16.5 Å². The number of rotatable bonds is 4. The van der Waals surface area contributed by atoms with Crippen LogP contribution in [0.1, 0.15) is 17.1 Å². The second-order valence-corrected chi connectivity index (χ2v) is 4.79. The summed E-state index contributed by atoms with van der Waals surface area (Å²) in [5.41, 5.74) is 8.58. The van der Waals surface area contributed by atoms with Gasteiger partial charge in [0.1, 0.15) is 0 Å². The summed E-state index contributed by atoms with van der Waals surface area (Å²) in [6.45, 7) is 3.26. The molecule has 0 spiro atoms. The van der Waals surface area contributed by atoms with Crippen LogP contribution in [0.4, 0.5) is 5.13 Å². The molecule has 0 aliphatic rings. The molecule has 2 aromatic rings. The van der Waals surface area contributed by atoms with E-state index >= 15 is 0 Å². The second-order valence-electron chi connectivity index (χ2n) is 3.95. The molecule has 0 atom stereocenters. The number of anilines is 1. The van der Waals surface area contributed by atoms with Crippen molar-refractivity contribution < 1.29 is 0 Å². The molecule has 2 N–H and O–H groups in total. The molecule has 17 heavy (non-hydrogen) atoms. The van der Waals surface area contributed by atoms with Gasteiger partial charge in [-0.05, 0) is 19.1 Å². The van der Waals surface area contributed by atoms with E-state index in [0.29, 0.717) is 6.54 Å². The molecule has 0 saturated heterocycles. The highest BCUT2D eigenvalue weighted by Gasteiger charge is 2.07. The van der Waals surface area contributed by atoms with Crippen LogP contribution >= 0.6 is 11.3 Å². The van der Waals surface area contributed by atoms with Crippen LogP contribution < -0.4 is 10.6 Å². The predicted octanol–water partition coefficient (Wildman–Crippen LogP) is 1.94. The van der Waals surface area contributed by atoms with Crippen molar-refractivity contribution in [3.63, 3.8) is 0 Å². The Labute approximate surface area is 105 Å². The van der Waals surface area contributed by atoms with Gasteiger partial charge >= 0.3 is 0 Å². The van der Waals surface area contributed by atoms with Crippen LogP contribution in [0.2, 0.25) is 0 Å². The van der Waals surface area contributed by atoms with Crippen molar-refractivity contribution in [2.24, 2.45) is 5.73 Å². The summed E-state index contributed by atoms with van der Waals surface area (Å²) in [5.74, 6) is 0. The largest absolute Gasteiger partial charge is 0.345 e. The molecule has 0 aromatic carbocycles. The summed E-state index contributed by atoms with van der Waals surface area (Å²) in [5, 5.41) is 2.98. The average molecular weight is 248 g/mol. The van der Waals surface area contributed by atoms with E-state index in [1.54, 1.807) is 11.3 Å². The third-order valence-electron chi connectivity index (χ3n) is 2.42. The standard InChI is InChI=1S/C12H16N4S/c1-9-4-3-5-10(14-9)7-16(2)12-15-11(6-13)8-17-12/h3-5,8H,6-7,13H2,1-2H3. The molecule has 0 aliphatic carbocycles. The van der Waals surface area contributed by atoms with E-state index in [9.17, 15) is 0 Å². The van der Waals surface area contributed by atoms with Gasteiger partial charge in [-0.25, -0.2) is 4.98 Å². The lowest BCUT2D eigenvalue weighted by molar-refractivity contribution is 0.864.